The number of fused-ring (bicyclic) bond motifs is 7. The van der Waals surface area contributed by atoms with Crippen molar-refractivity contribution in [1.82, 2.24) is 0 Å². The van der Waals surface area contributed by atoms with Crippen LogP contribution in [0.5, 0.6) is 0 Å². The minimum absolute atomic E-state index is 0.0829. The maximum atomic E-state index is 11.8. The number of rotatable bonds is 10. The molecule has 10 rings (SSSR count). The molecule has 0 unspecified atom stereocenters. The van der Waals surface area contributed by atoms with Gasteiger partial charge in [-0.25, -0.2) is 0 Å². The quantitative estimate of drug-likeness (QED) is 0.118. The van der Waals surface area contributed by atoms with Crippen LogP contribution >= 0.6 is 0 Å². The molecule has 72 heavy (non-hydrogen) atoms. The molecule has 3 saturated carbocycles. The number of hydrogen-bond acceptors (Lipinski definition) is 21. The molecule has 21 heteroatoms. The Balaban J connectivity index is 0.861. The molecular formula is C51H82O21. The smallest absolute Gasteiger partial charge is 0.187 e. The lowest BCUT2D eigenvalue weighted by molar-refractivity contribution is -0.398. The van der Waals surface area contributed by atoms with Crippen LogP contribution in [0.2, 0.25) is 0 Å². The van der Waals surface area contributed by atoms with Crippen molar-refractivity contribution in [3.63, 3.8) is 0 Å². The topological polar surface area (TPSA) is 315 Å². The molecule has 0 aromatic rings. The Hall–Kier alpha value is -1.10. The Kier molecular flexibility index (Phi) is 15.5. The summed E-state index contributed by atoms with van der Waals surface area (Å²) in [6.07, 6.45) is -21.0. The first-order valence-corrected chi connectivity index (χ1v) is 26.7. The highest BCUT2D eigenvalue weighted by Gasteiger charge is 2.69. The molecule has 0 aromatic heterocycles. The second-order valence-corrected chi connectivity index (χ2v) is 23.9. The normalized spacial score (nSPS) is 57.8. The number of aliphatic hydroxyl groups excluding tert-OH is 11. The van der Waals surface area contributed by atoms with Gasteiger partial charge in [-0.15, -0.1) is 0 Å². The van der Waals surface area contributed by atoms with Crippen LogP contribution in [-0.2, 0) is 47.4 Å². The van der Waals surface area contributed by atoms with E-state index in [1.165, 1.54) is 19.4 Å². The summed E-state index contributed by atoms with van der Waals surface area (Å²) in [7, 11) is 0. The molecule has 9 fully saturated rings. The zero-order valence-electron chi connectivity index (χ0n) is 42.2. The first kappa shape index (κ1) is 54.3. The summed E-state index contributed by atoms with van der Waals surface area (Å²) in [5, 5.41) is 119. The first-order valence-electron chi connectivity index (χ1n) is 26.7. The molecule has 412 valence electrons. The van der Waals surface area contributed by atoms with Crippen molar-refractivity contribution in [2.24, 2.45) is 46.3 Å². The van der Waals surface area contributed by atoms with Gasteiger partial charge in [0.15, 0.2) is 30.9 Å². The molecule has 6 heterocycles. The van der Waals surface area contributed by atoms with Crippen molar-refractivity contribution in [2.45, 2.75) is 240 Å². The second-order valence-electron chi connectivity index (χ2n) is 23.9. The molecule has 0 bridgehead atoms. The van der Waals surface area contributed by atoms with E-state index in [9.17, 15) is 56.2 Å². The van der Waals surface area contributed by atoms with Gasteiger partial charge in [0, 0.05) is 12.3 Å². The minimum Gasteiger partial charge on any atom is -0.394 e. The number of hydrogen-bond donors (Lipinski definition) is 11. The van der Waals surface area contributed by atoms with E-state index in [0.717, 1.165) is 51.6 Å². The van der Waals surface area contributed by atoms with E-state index in [-0.39, 0.29) is 16.9 Å². The van der Waals surface area contributed by atoms with E-state index < -0.39 is 148 Å². The average Bonchev–Trinajstić information content (AvgIpc) is 3.81. The van der Waals surface area contributed by atoms with Crippen molar-refractivity contribution in [3.05, 3.63) is 11.6 Å². The van der Waals surface area contributed by atoms with Gasteiger partial charge in [-0.1, -0.05) is 39.3 Å². The lowest BCUT2D eigenvalue weighted by Gasteiger charge is -2.59. The van der Waals surface area contributed by atoms with Gasteiger partial charge in [0.2, 0.25) is 0 Å². The highest BCUT2D eigenvalue weighted by atomic mass is 16.8. The Morgan fingerprint density at radius 3 is 1.88 bits per heavy atom. The molecule has 4 aliphatic carbocycles. The summed E-state index contributed by atoms with van der Waals surface area (Å²) in [6, 6.07) is 0. The van der Waals surface area contributed by atoms with Gasteiger partial charge < -0.3 is 104 Å². The van der Waals surface area contributed by atoms with E-state index in [1.54, 1.807) is 0 Å². The van der Waals surface area contributed by atoms with Crippen molar-refractivity contribution in [3.8, 4) is 0 Å². The predicted molar refractivity (Wildman–Crippen MR) is 245 cm³/mol. The highest BCUT2D eigenvalue weighted by molar-refractivity contribution is 5.26. The third kappa shape index (κ3) is 9.09. The lowest BCUT2D eigenvalue weighted by atomic mass is 9.47. The van der Waals surface area contributed by atoms with Gasteiger partial charge in [-0.2, -0.15) is 0 Å². The Morgan fingerprint density at radius 2 is 1.19 bits per heavy atom. The average molecular weight is 1030 g/mol. The minimum atomic E-state index is -1.92. The molecule has 6 aliphatic heterocycles. The monoisotopic (exact) mass is 1030 g/mol. The van der Waals surface area contributed by atoms with Crippen molar-refractivity contribution in [2.75, 3.05) is 19.8 Å². The molecular weight excluding hydrogens is 949 g/mol. The summed E-state index contributed by atoms with van der Waals surface area (Å²) in [5.41, 5.74) is 1.37. The molecule has 0 amide bonds. The predicted octanol–water partition coefficient (Wildman–Crippen LogP) is -0.934. The summed E-state index contributed by atoms with van der Waals surface area (Å²) < 4.78 is 62.5. The van der Waals surface area contributed by atoms with Crippen LogP contribution in [0.15, 0.2) is 11.6 Å². The van der Waals surface area contributed by atoms with E-state index in [1.807, 2.05) is 0 Å². The van der Waals surface area contributed by atoms with Gasteiger partial charge in [0.05, 0.1) is 44.2 Å². The van der Waals surface area contributed by atoms with Gasteiger partial charge in [0.25, 0.3) is 0 Å². The van der Waals surface area contributed by atoms with E-state index in [2.05, 4.69) is 33.8 Å². The molecule has 11 N–H and O–H groups in total. The van der Waals surface area contributed by atoms with Crippen LogP contribution in [0.3, 0.4) is 0 Å². The molecule has 10 aliphatic rings. The van der Waals surface area contributed by atoms with E-state index >= 15 is 0 Å². The van der Waals surface area contributed by atoms with Crippen LogP contribution in [0.4, 0.5) is 0 Å². The van der Waals surface area contributed by atoms with Crippen LogP contribution in [-0.4, -0.2) is 217 Å². The lowest BCUT2D eigenvalue weighted by Crippen LogP contribution is -2.67. The van der Waals surface area contributed by atoms with Gasteiger partial charge in [-0.05, 0) is 106 Å². The fraction of sp³-hybridized carbons (Fsp3) is 0.961. The number of aliphatic hydroxyl groups is 11. The van der Waals surface area contributed by atoms with Crippen molar-refractivity contribution < 1.29 is 104 Å². The SMILES string of the molecule is C[C@@H]1CC[C@@]2(OC1)O[C@H]1C[C@H]3[C@@H]4CC=C5C[C@@H](O[C@@H]6O[C@H](CO)[C@@H](O)[C@H](O[C@@H]7O[C@@H](C)[C@H](O[C@@H]8O[C@H](CO)[C@@H](O)[C@H](O)[C@H]8O)[C@@H](O)[C@H]7O)[C@H]6O[C@@H]6O[C@@H](C)[C@H](O)[C@@H](O)[C@H]6O)CC[C@]5(C)[C@H]4CC[C@]3(C)[C@H]1[C@@H]2C. The van der Waals surface area contributed by atoms with Crippen molar-refractivity contribution >= 4 is 0 Å². The van der Waals surface area contributed by atoms with E-state index in [4.69, 9.17) is 47.4 Å². The molecule has 0 aromatic carbocycles. The third-order valence-corrected chi connectivity index (χ3v) is 19.8. The van der Waals surface area contributed by atoms with Crippen LogP contribution < -0.4 is 0 Å². The Bertz CT molecular complexity index is 1900. The standard InChI is InChI=1S/C51H82O21/c1-20-9-14-51(63-19-20)21(2)32-29(72-51)16-28-26-8-7-24-15-25(10-12-49(24,5)27(26)11-13-50(28,32)6)66-48-44(71-45-39(60)36(57)33(54)22(3)64-45)43(35(56)31(18-53)68-48)70-46-41(62)38(59)42(23(4)65-46)69-47-40(61)37(58)34(55)30(17-52)67-47/h7,20-23,25-48,52-62H,8-19H2,1-6H3/t20-,21+,22+,23+,25+,26-,27+,28+,29+,30-,31-,32+,33+,34-,35-,36-,37+,38+,39-,40-,41-,42+,43+,44-,45+,46+,47+,48-,49+,50+,51-/m1/s1. The van der Waals surface area contributed by atoms with Crippen LogP contribution in [0, 0.1) is 46.3 Å². The maximum absolute atomic E-state index is 11.8. The first-order chi connectivity index (χ1) is 34.1. The molecule has 21 nitrogen and oxygen atoms in total. The van der Waals surface area contributed by atoms with Gasteiger partial charge >= 0.3 is 0 Å². The fourth-order valence-electron chi connectivity index (χ4n) is 15.5. The summed E-state index contributed by atoms with van der Waals surface area (Å²) in [4.78, 5) is 0. The summed E-state index contributed by atoms with van der Waals surface area (Å²) in [6.45, 7) is 11.8. The Labute approximate surface area is 420 Å². The zero-order valence-corrected chi connectivity index (χ0v) is 42.2. The molecule has 6 saturated heterocycles. The van der Waals surface area contributed by atoms with Gasteiger partial charge in [-0.3, -0.25) is 0 Å². The van der Waals surface area contributed by atoms with Crippen molar-refractivity contribution in [1.29, 1.82) is 0 Å². The second kappa shape index (κ2) is 20.6. The highest BCUT2D eigenvalue weighted by Crippen LogP contribution is 2.71. The molecule has 0 radical (unpaired) electrons. The zero-order chi connectivity index (χ0) is 51.5. The fourth-order valence-corrected chi connectivity index (χ4v) is 15.5. The number of ether oxygens (including phenoxy) is 10. The maximum Gasteiger partial charge on any atom is 0.187 e. The summed E-state index contributed by atoms with van der Waals surface area (Å²) >= 11 is 0. The van der Waals surface area contributed by atoms with Gasteiger partial charge in [0.1, 0.15) is 85.5 Å². The third-order valence-electron chi connectivity index (χ3n) is 19.8. The van der Waals surface area contributed by atoms with Crippen LogP contribution in [0.25, 0.3) is 0 Å². The number of allylic oxidation sites excluding steroid dienone is 1. The summed E-state index contributed by atoms with van der Waals surface area (Å²) in [5.74, 6) is 2.36. The molecule has 1 spiro atoms. The largest absolute Gasteiger partial charge is 0.394 e. The molecule has 31 atom stereocenters. The van der Waals surface area contributed by atoms with Crippen LogP contribution in [0.1, 0.15) is 99.3 Å². The Morgan fingerprint density at radius 1 is 0.583 bits per heavy atom. The van der Waals surface area contributed by atoms with E-state index in [0.29, 0.717) is 48.3 Å².